The quantitative estimate of drug-likeness (QED) is 0.342. The molecule has 0 atom stereocenters. The van der Waals surface area contributed by atoms with Gasteiger partial charge in [-0.15, -0.1) is 0 Å². The summed E-state index contributed by atoms with van der Waals surface area (Å²) in [7, 11) is 0. The van der Waals surface area contributed by atoms with Crippen LogP contribution < -0.4 is 15.5 Å². The number of anilines is 1. The van der Waals surface area contributed by atoms with Crippen LogP contribution in [0, 0.1) is 6.92 Å². The third kappa shape index (κ3) is 7.08. The van der Waals surface area contributed by atoms with E-state index in [-0.39, 0.29) is 28.8 Å². The second-order valence-electron chi connectivity index (χ2n) is 7.17. The predicted octanol–water partition coefficient (Wildman–Crippen LogP) is 5.45. The lowest BCUT2D eigenvalue weighted by Gasteiger charge is -2.09. The van der Waals surface area contributed by atoms with Gasteiger partial charge in [0.15, 0.2) is 6.61 Å². The molecule has 0 bridgehead atoms. The van der Waals surface area contributed by atoms with Crippen LogP contribution in [0.3, 0.4) is 0 Å². The number of nitrogens with zero attached hydrogens (tertiary/aromatic N) is 1. The summed E-state index contributed by atoms with van der Waals surface area (Å²) in [5.41, 5.74) is 3.25. The van der Waals surface area contributed by atoms with Crippen LogP contribution in [0.2, 0.25) is 5.02 Å². The zero-order valence-corrected chi connectivity index (χ0v) is 18.6. The smallest absolute Gasteiger partial charge is 0.416 e. The van der Waals surface area contributed by atoms with Crippen molar-refractivity contribution in [2.24, 2.45) is 5.10 Å². The van der Waals surface area contributed by atoms with Gasteiger partial charge in [-0.1, -0.05) is 35.4 Å². The number of carbonyl (C=O) groups excluding carboxylic acids is 2. The van der Waals surface area contributed by atoms with Crippen LogP contribution in [-0.4, -0.2) is 24.6 Å². The first kappa shape index (κ1) is 24.8. The van der Waals surface area contributed by atoms with Crippen molar-refractivity contribution in [1.29, 1.82) is 0 Å². The minimum atomic E-state index is -4.55. The highest BCUT2D eigenvalue weighted by molar-refractivity contribution is 6.32. The lowest BCUT2D eigenvalue weighted by Crippen LogP contribution is -2.20. The van der Waals surface area contributed by atoms with Crippen molar-refractivity contribution in [2.45, 2.75) is 13.1 Å². The molecule has 10 heteroatoms. The van der Waals surface area contributed by atoms with Crippen LogP contribution in [0.4, 0.5) is 18.9 Å². The van der Waals surface area contributed by atoms with E-state index < -0.39 is 17.6 Å². The van der Waals surface area contributed by atoms with Crippen molar-refractivity contribution < 1.29 is 27.5 Å². The minimum absolute atomic E-state index is 0.183. The summed E-state index contributed by atoms with van der Waals surface area (Å²) in [6.07, 6.45) is -3.28. The van der Waals surface area contributed by atoms with Crippen LogP contribution in [-0.2, 0) is 11.0 Å². The number of hydrazone groups is 1. The van der Waals surface area contributed by atoms with E-state index in [2.05, 4.69) is 15.8 Å². The molecule has 6 nitrogen and oxygen atoms in total. The van der Waals surface area contributed by atoms with E-state index in [9.17, 15) is 22.8 Å². The molecular formula is C24H19ClF3N3O3. The van der Waals surface area contributed by atoms with Gasteiger partial charge in [0.05, 0.1) is 16.8 Å². The minimum Gasteiger partial charge on any atom is -0.482 e. The molecule has 0 aliphatic heterocycles. The van der Waals surface area contributed by atoms with E-state index in [4.69, 9.17) is 16.3 Å². The Balaban J connectivity index is 1.54. The lowest BCUT2D eigenvalue weighted by atomic mass is 10.1. The number of benzene rings is 3. The zero-order valence-electron chi connectivity index (χ0n) is 17.8. The Bertz CT molecular complexity index is 1210. The first-order chi connectivity index (χ1) is 16.1. The molecule has 34 heavy (non-hydrogen) atoms. The summed E-state index contributed by atoms with van der Waals surface area (Å²) in [4.78, 5) is 24.1. The van der Waals surface area contributed by atoms with Crippen molar-refractivity contribution >= 4 is 35.3 Å². The molecule has 3 aromatic carbocycles. The number of aryl methyl sites for hydroxylation is 1. The molecule has 0 aliphatic rings. The predicted molar refractivity (Wildman–Crippen MR) is 123 cm³/mol. The third-order valence-corrected chi connectivity index (χ3v) is 4.78. The Morgan fingerprint density at radius 1 is 1.06 bits per heavy atom. The maximum atomic E-state index is 12.8. The number of amides is 2. The molecule has 0 spiro atoms. The number of nitrogens with one attached hydrogen (secondary N) is 2. The van der Waals surface area contributed by atoms with Crippen LogP contribution in [0.1, 0.15) is 27.0 Å². The Morgan fingerprint density at radius 2 is 1.79 bits per heavy atom. The highest BCUT2D eigenvalue weighted by atomic mass is 35.5. The number of hydrogen-bond donors (Lipinski definition) is 2. The molecule has 176 valence electrons. The molecular weight excluding hydrogens is 471 g/mol. The van der Waals surface area contributed by atoms with E-state index in [1.807, 2.05) is 19.1 Å². The van der Waals surface area contributed by atoms with E-state index >= 15 is 0 Å². The summed E-state index contributed by atoms with van der Waals surface area (Å²) >= 11 is 6.18. The van der Waals surface area contributed by atoms with Gasteiger partial charge in [-0.2, -0.15) is 18.3 Å². The highest BCUT2D eigenvalue weighted by Crippen LogP contribution is 2.29. The number of halogens is 4. The van der Waals surface area contributed by atoms with Crippen molar-refractivity contribution in [1.82, 2.24) is 5.43 Å². The largest absolute Gasteiger partial charge is 0.482 e. The Morgan fingerprint density at radius 3 is 2.47 bits per heavy atom. The van der Waals surface area contributed by atoms with Gasteiger partial charge >= 0.3 is 6.18 Å². The summed E-state index contributed by atoms with van der Waals surface area (Å²) in [6.45, 7) is 1.68. The van der Waals surface area contributed by atoms with Gasteiger partial charge in [-0.05, 0) is 61.0 Å². The Labute approximate surface area is 198 Å². The maximum absolute atomic E-state index is 12.8. The Hall–Kier alpha value is -3.85. The van der Waals surface area contributed by atoms with Crippen LogP contribution >= 0.6 is 11.6 Å². The lowest BCUT2D eigenvalue weighted by molar-refractivity contribution is -0.137. The fraction of sp³-hybridized carbons (Fsp3) is 0.125. The van der Waals surface area contributed by atoms with Gasteiger partial charge in [0.2, 0.25) is 0 Å². The topological polar surface area (TPSA) is 79.8 Å². The molecule has 2 amide bonds. The second-order valence-corrected chi connectivity index (χ2v) is 7.58. The van der Waals surface area contributed by atoms with Gasteiger partial charge in [-0.3, -0.25) is 9.59 Å². The SMILES string of the molecule is Cc1ccc(NC(=O)COc2ccc(/C=N\NC(=O)c3cccc(C(F)(F)F)c3)cc2Cl)cc1. The highest BCUT2D eigenvalue weighted by Gasteiger charge is 2.30. The molecule has 0 radical (unpaired) electrons. The van der Waals surface area contributed by atoms with E-state index in [0.29, 0.717) is 11.3 Å². The van der Waals surface area contributed by atoms with E-state index in [1.165, 1.54) is 24.4 Å². The zero-order chi connectivity index (χ0) is 24.7. The summed E-state index contributed by atoms with van der Waals surface area (Å²) in [5, 5.41) is 6.65. The molecule has 3 rings (SSSR count). The molecule has 2 N–H and O–H groups in total. The molecule has 0 saturated carbocycles. The maximum Gasteiger partial charge on any atom is 0.416 e. The summed E-state index contributed by atoms with van der Waals surface area (Å²) in [6, 6.07) is 15.9. The third-order valence-electron chi connectivity index (χ3n) is 4.48. The number of alkyl halides is 3. The fourth-order valence-corrected chi connectivity index (χ4v) is 3.00. The number of rotatable bonds is 7. The fourth-order valence-electron chi connectivity index (χ4n) is 2.76. The molecule has 0 saturated heterocycles. The summed E-state index contributed by atoms with van der Waals surface area (Å²) < 4.78 is 43.8. The van der Waals surface area contributed by atoms with Crippen molar-refractivity contribution in [3.8, 4) is 5.75 Å². The van der Waals surface area contributed by atoms with Crippen LogP contribution in [0.25, 0.3) is 0 Å². The van der Waals surface area contributed by atoms with Gasteiger partial charge in [0.1, 0.15) is 5.75 Å². The summed E-state index contributed by atoms with van der Waals surface area (Å²) in [5.74, 6) is -0.887. The monoisotopic (exact) mass is 489 g/mol. The van der Waals surface area contributed by atoms with Crippen molar-refractivity contribution in [3.05, 3.63) is 94.0 Å². The first-order valence-electron chi connectivity index (χ1n) is 9.91. The van der Waals surface area contributed by atoms with Gasteiger partial charge < -0.3 is 10.1 Å². The Kier molecular flexibility index (Phi) is 7.91. The van der Waals surface area contributed by atoms with Crippen molar-refractivity contribution in [3.63, 3.8) is 0 Å². The van der Waals surface area contributed by atoms with Crippen LogP contribution in [0.5, 0.6) is 5.75 Å². The molecule has 0 aliphatic carbocycles. The molecule has 0 unspecified atom stereocenters. The average molecular weight is 490 g/mol. The van der Waals surface area contributed by atoms with Crippen molar-refractivity contribution in [2.75, 3.05) is 11.9 Å². The first-order valence-corrected chi connectivity index (χ1v) is 10.3. The molecule has 0 heterocycles. The number of ether oxygens (including phenoxy) is 1. The van der Waals surface area contributed by atoms with E-state index in [1.54, 1.807) is 18.2 Å². The van der Waals surface area contributed by atoms with Gasteiger partial charge in [0, 0.05) is 11.3 Å². The average Bonchev–Trinajstić information content (AvgIpc) is 2.79. The molecule has 0 fully saturated rings. The normalized spacial score (nSPS) is 11.3. The molecule has 0 aromatic heterocycles. The van der Waals surface area contributed by atoms with Crippen LogP contribution in [0.15, 0.2) is 71.8 Å². The standard InChI is InChI=1S/C24H19ClF3N3O3/c1-15-5-8-19(9-6-15)30-22(32)14-34-21-10-7-16(11-20(21)25)13-29-31-23(33)17-3-2-4-18(12-17)24(26,27)28/h2-13H,14H2,1H3,(H,30,32)(H,31,33)/b29-13-. The number of hydrogen-bond acceptors (Lipinski definition) is 4. The number of carbonyl (C=O) groups is 2. The van der Waals surface area contributed by atoms with E-state index in [0.717, 1.165) is 23.8 Å². The van der Waals surface area contributed by atoms with Gasteiger partial charge in [-0.25, -0.2) is 5.43 Å². The van der Waals surface area contributed by atoms with Gasteiger partial charge in [0.25, 0.3) is 11.8 Å². The second kappa shape index (κ2) is 10.8. The molecule has 3 aromatic rings.